The molecule has 35 heavy (non-hydrogen) atoms. The summed E-state index contributed by atoms with van der Waals surface area (Å²) in [5.74, 6) is 0.453. The van der Waals surface area contributed by atoms with Crippen LogP contribution >= 0.6 is 0 Å². The van der Waals surface area contributed by atoms with E-state index in [1.165, 1.54) is 10.5 Å². The van der Waals surface area contributed by atoms with Crippen molar-refractivity contribution >= 4 is 17.6 Å². The van der Waals surface area contributed by atoms with E-state index in [1.807, 2.05) is 36.4 Å². The summed E-state index contributed by atoms with van der Waals surface area (Å²) >= 11 is 0. The van der Waals surface area contributed by atoms with E-state index in [0.717, 1.165) is 5.56 Å². The maximum absolute atomic E-state index is 13.3. The number of amides is 1. The Morgan fingerprint density at radius 1 is 1.06 bits per heavy atom. The standard InChI is InChI=1S/C27H22N4O4/c1-34-21-10-12-22(13-11-21)35-26-23(27(33)31-16-6-5-9-24(31)30-26)17-20(18-28)25(32)29-15-14-19-7-3-2-4-8-19/h2-13,16-17H,14-15H2,1H3,(H,29,32). The molecule has 0 radical (unpaired) electrons. The summed E-state index contributed by atoms with van der Waals surface area (Å²) in [6.45, 7) is 0.339. The molecule has 0 spiro atoms. The first-order chi connectivity index (χ1) is 17.1. The highest BCUT2D eigenvalue weighted by atomic mass is 16.5. The van der Waals surface area contributed by atoms with Crippen molar-refractivity contribution < 1.29 is 14.3 Å². The molecule has 2 aromatic carbocycles. The SMILES string of the molecule is COc1ccc(Oc2nc3ccccn3c(=O)c2C=C(C#N)C(=O)NCCc2ccccc2)cc1. The molecule has 0 atom stereocenters. The van der Waals surface area contributed by atoms with Gasteiger partial charge in [0.1, 0.15) is 34.4 Å². The molecule has 8 nitrogen and oxygen atoms in total. The predicted octanol–water partition coefficient (Wildman–Crippen LogP) is 3.76. The van der Waals surface area contributed by atoms with Gasteiger partial charge in [-0.05, 0) is 54.5 Å². The Morgan fingerprint density at radius 3 is 2.49 bits per heavy atom. The lowest BCUT2D eigenvalue weighted by atomic mass is 10.1. The van der Waals surface area contributed by atoms with Gasteiger partial charge in [-0.2, -0.15) is 10.2 Å². The summed E-state index contributed by atoms with van der Waals surface area (Å²) in [5, 5.41) is 12.4. The maximum atomic E-state index is 13.3. The molecular formula is C27H22N4O4. The van der Waals surface area contributed by atoms with E-state index in [9.17, 15) is 14.9 Å². The Hall–Kier alpha value is -4.90. The van der Waals surface area contributed by atoms with Crippen LogP contribution < -0.4 is 20.3 Å². The minimum Gasteiger partial charge on any atom is -0.497 e. The minimum atomic E-state index is -0.587. The van der Waals surface area contributed by atoms with Crippen LogP contribution in [-0.4, -0.2) is 28.9 Å². The highest BCUT2D eigenvalue weighted by Gasteiger charge is 2.17. The van der Waals surface area contributed by atoms with Gasteiger partial charge in [0.15, 0.2) is 0 Å². The van der Waals surface area contributed by atoms with Gasteiger partial charge < -0.3 is 14.8 Å². The zero-order chi connectivity index (χ0) is 24.6. The molecule has 174 valence electrons. The summed E-state index contributed by atoms with van der Waals surface area (Å²) in [5.41, 5.74) is 0.710. The second kappa shape index (κ2) is 10.8. The van der Waals surface area contributed by atoms with Crippen LogP contribution in [0.4, 0.5) is 0 Å². The summed E-state index contributed by atoms with van der Waals surface area (Å²) < 4.78 is 12.4. The normalized spacial score (nSPS) is 11.0. The summed E-state index contributed by atoms with van der Waals surface area (Å²) in [7, 11) is 1.55. The van der Waals surface area contributed by atoms with E-state index >= 15 is 0 Å². The highest BCUT2D eigenvalue weighted by molar-refractivity contribution is 6.01. The van der Waals surface area contributed by atoms with Gasteiger partial charge in [-0.15, -0.1) is 0 Å². The molecule has 0 aliphatic heterocycles. The van der Waals surface area contributed by atoms with Gasteiger partial charge in [0.25, 0.3) is 11.5 Å². The quantitative estimate of drug-likeness (QED) is 0.313. The molecule has 1 amide bonds. The van der Waals surface area contributed by atoms with E-state index in [0.29, 0.717) is 30.1 Å². The highest BCUT2D eigenvalue weighted by Crippen LogP contribution is 2.25. The molecule has 4 rings (SSSR count). The van der Waals surface area contributed by atoms with E-state index in [4.69, 9.17) is 9.47 Å². The lowest BCUT2D eigenvalue weighted by Gasteiger charge is -2.11. The number of nitrogens with one attached hydrogen (secondary N) is 1. The number of methoxy groups -OCH3 is 1. The summed E-state index contributed by atoms with van der Waals surface area (Å²) in [4.78, 5) is 30.4. The Bertz CT molecular complexity index is 1470. The molecule has 0 bridgehead atoms. The third-order valence-electron chi connectivity index (χ3n) is 5.20. The number of aromatic nitrogens is 2. The number of fused-ring (bicyclic) bond motifs is 1. The van der Waals surface area contributed by atoms with Crippen LogP contribution in [0.15, 0.2) is 89.4 Å². The van der Waals surface area contributed by atoms with Crippen LogP contribution in [0.5, 0.6) is 17.4 Å². The number of ether oxygens (including phenoxy) is 2. The number of carbonyl (C=O) groups excluding carboxylic acids is 1. The van der Waals surface area contributed by atoms with Crippen LogP contribution in [0.1, 0.15) is 11.1 Å². The molecule has 8 heteroatoms. The van der Waals surface area contributed by atoms with E-state index < -0.39 is 11.5 Å². The summed E-state index contributed by atoms with van der Waals surface area (Å²) in [6.07, 6.45) is 3.38. The van der Waals surface area contributed by atoms with Crippen LogP contribution in [0.25, 0.3) is 11.7 Å². The van der Waals surface area contributed by atoms with Crippen molar-refractivity contribution in [3.05, 3.63) is 106 Å². The van der Waals surface area contributed by atoms with Crippen molar-refractivity contribution in [3.8, 4) is 23.4 Å². The lowest BCUT2D eigenvalue weighted by molar-refractivity contribution is -0.117. The number of rotatable bonds is 8. The smallest absolute Gasteiger partial charge is 0.269 e. The molecule has 0 saturated carbocycles. The van der Waals surface area contributed by atoms with Gasteiger partial charge in [-0.3, -0.25) is 14.0 Å². The molecule has 0 aliphatic carbocycles. The van der Waals surface area contributed by atoms with E-state index in [1.54, 1.807) is 55.8 Å². The van der Waals surface area contributed by atoms with Crippen LogP contribution in [0.2, 0.25) is 0 Å². The van der Waals surface area contributed by atoms with Gasteiger partial charge in [0.05, 0.1) is 7.11 Å². The fourth-order valence-corrected chi connectivity index (χ4v) is 3.39. The lowest BCUT2D eigenvalue weighted by Crippen LogP contribution is -2.27. The topological polar surface area (TPSA) is 106 Å². The van der Waals surface area contributed by atoms with Gasteiger partial charge >= 0.3 is 0 Å². The van der Waals surface area contributed by atoms with Crippen LogP contribution in [0, 0.1) is 11.3 Å². The van der Waals surface area contributed by atoms with E-state index in [-0.39, 0.29) is 17.0 Å². The molecule has 2 heterocycles. The number of nitriles is 1. The van der Waals surface area contributed by atoms with Crippen molar-refractivity contribution in [3.63, 3.8) is 0 Å². The first-order valence-corrected chi connectivity index (χ1v) is 10.9. The Morgan fingerprint density at radius 2 is 1.77 bits per heavy atom. The number of hydrogen-bond donors (Lipinski definition) is 1. The monoisotopic (exact) mass is 466 g/mol. The number of hydrogen-bond acceptors (Lipinski definition) is 6. The second-order valence-corrected chi connectivity index (χ2v) is 7.50. The minimum absolute atomic E-state index is 0.0146. The fourth-order valence-electron chi connectivity index (χ4n) is 3.39. The third kappa shape index (κ3) is 5.54. The van der Waals surface area contributed by atoms with Crippen LogP contribution in [0.3, 0.4) is 0 Å². The van der Waals surface area contributed by atoms with E-state index in [2.05, 4.69) is 10.3 Å². The Balaban J connectivity index is 1.66. The largest absolute Gasteiger partial charge is 0.497 e. The molecule has 0 saturated heterocycles. The van der Waals surface area contributed by atoms with Crippen LogP contribution in [-0.2, 0) is 11.2 Å². The number of benzene rings is 2. The molecule has 0 unspecified atom stereocenters. The summed E-state index contributed by atoms with van der Waals surface area (Å²) in [6, 6.07) is 23.4. The molecule has 1 N–H and O–H groups in total. The van der Waals surface area contributed by atoms with Crippen molar-refractivity contribution in [1.29, 1.82) is 5.26 Å². The van der Waals surface area contributed by atoms with Gasteiger partial charge in [0.2, 0.25) is 5.88 Å². The van der Waals surface area contributed by atoms with Gasteiger partial charge in [-0.1, -0.05) is 36.4 Å². The number of pyridine rings is 1. The van der Waals surface area contributed by atoms with Crippen molar-refractivity contribution in [1.82, 2.24) is 14.7 Å². The number of carbonyl (C=O) groups is 1. The first-order valence-electron chi connectivity index (χ1n) is 10.9. The first kappa shape index (κ1) is 23.3. The maximum Gasteiger partial charge on any atom is 0.269 e. The molecular weight excluding hydrogens is 444 g/mol. The molecule has 4 aromatic rings. The van der Waals surface area contributed by atoms with Gasteiger partial charge in [0, 0.05) is 12.7 Å². The molecule has 0 fully saturated rings. The molecule has 2 aromatic heterocycles. The molecule has 0 aliphatic rings. The van der Waals surface area contributed by atoms with Gasteiger partial charge in [-0.25, -0.2) is 0 Å². The third-order valence-corrected chi connectivity index (χ3v) is 5.20. The average molecular weight is 466 g/mol. The van der Waals surface area contributed by atoms with Crippen molar-refractivity contribution in [2.75, 3.05) is 13.7 Å². The van der Waals surface area contributed by atoms with Crippen molar-refractivity contribution in [2.24, 2.45) is 0 Å². The Kier molecular flexibility index (Phi) is 7.19. The van der Waals surface area contributed by atoms with Crippen molar-refractivity contribution in [2.45, 2.75) is 6.42 Å². The zero-order valence-corrected chi connectivity index (χ0v) is 19.0. The zero-order valence-electron chi connectivity index (χ0n) is 19.0. The average Bonchev–Trinajstić information content (AvgIpc) is 2.89. The predicted molar refractivity (Wildman–Crippen MR) is 131 cm³/mol. The fraction of sp³-hybridized carbons (Fsp3) is 0.111. The Labute approximate surface area is 201 Å². The second-order valence-electron chi connectivity index (χ2n) is 7.50. The number of nitrogens with zero attached hydrogens (tertiary/aromatic N) is 3.